The molecule has 0 atom stereocenters. The van der Waals surface area contributed by atoms with Crippen molar-refractivity contribution in [1.82, 2.24) is 14.9 Å². The number of hydrogen-bond donors (Lipinski definition) is 2. The first-order valence-corrected chi connectivity index (χ1v) is 7.57. The molecule has 0 saturated carbocycles. The van der Waals surface area contributed by atoms with E-state index in [0.29, 0.717) is 4.88 Å². The SMILES string of the molecule is CNCc1cccc(NC(=O)c2snnc2C(C)(C)C)c1. The number of benzene rings is 1. The molecule has 0 aliphatic carbocycles. The average molecular weight is 304 g/mol. The summed E-state index contributed by atoms with van der Waals surface area (Å²) in [7, 11) is 1.89. The van der Waals surface area contributed by atoms with Crippen LogP contribution in [0.3, 0.4) is 0 Å². The zero-order valence-electron chi connectivity index (χ0n) is 12.7. The molecule has 0 unspecified atom stereocenters. The predicted molar refractivity (Wildman–Crippen MR) is 85.8 cm³/mol. The van der Waals surface area contributed by atoms with Gasteiger partial charge in [-0.1, -0.05) is 37.4 Å². The lowest BCUT2D eigenvalue weighted by molar-refractivity contribution is 0.102. The molecule has 0 fully saturated rings. The van der Waals surface area contributed by atoms with Gasteiger partial charge in [0.2, 0.25) is 0 Å². The van der Waals surface area contributed by atoms with Gasteiger partial charge in [0.25, 0.3) is 5.91 Å². The fourth-order valence-electron chi connectivity index (χ4n) is 1.98. The van der Waals surface area contributed by atoms with Gasteiger partial charge in [-0.15, -0.1) is 5.10 Å². The standard InChI is InChI=1S/C15H20N4OS/c1-15(2,3)13-12(21-19-18-13)14(20)17-11-7-5-6-10(8-11)9-16-4/h5-8,16H,9H2,1-4H3,(H,17,20). The van der Waals surface area contributed by atoms with E-state index >= 15 is 0 Å². The molecule has 2 rings (SSSR count). The number of carbonyl (C=O) groups is 1. The van der Waals surface area contributed by atoms with Gasteiger partial charge in [0.05, 0.1) is 5.69 Å². The van der Waals surface area contributed by atoms with Gasteiger partial charge in [-0.2, -0.15) is 0 Å². The van der Waals surface area contributed by atoms with Crippen LogP contribution in [0.4, 0.5) is 5.69 Å². The molecule has 0 bridgehead atoms. The van der Waals surface area contributed by atoms with Gasteiger partial charge in [0, 0.05) is 17.6 Å². The van der Waals surface area contributed by atoms with Crippen LogP contribution >= 0.6 is 11.5 Å². The van der Waals surface area contributed by atoms with Crippen LogP contribution in [-0.4, -0.2) is 22.5 Å². The molecule has 112 valence electrons. The van der Waals surface area contributed by atoms with E-state index in [1.165, 1.54) is 0 Å². The third kappa shape index (κ3) is 3.86. The van der Waals surface area contributed by atoms with E-state index in [-0.39, 0.29) is 11.3 Å². The maximum absolute atomic E-state index is 12.4. The fraction of sp³-hybridized carbons (Fsp3) is 0.400. The number of carbonyl (C=O) groups excluding carboxylic acids is 1. The molecule has 21 heavy (non-hydrogen) atoms. The molecule has 0 aliphatic rings. The van der Waals surface area contributed by atoms with E-state index < -0.39 is 0 Å². The maximum Gasteiger partial charge on any atom is 0.269 e. The Kier molecular flexibility index (Phi) is 4.69. The van der Waals surface area contributed by atoms with Crippen LogP contribution in [0.5, 0.6) is 0 Å². The van der Waals surface area contributed by atoms with Crippen LogP contribution in [-0.2, 0) is 12.0 Å². The molecule has 2 aromatic rings. The van der Waals surface area contributed by atoms with Gasteiger partial charge >= 0.3 is 0 Å². The van der Waals surface area contributed by atoms with Gasteiger partial charge in [0.1, 0.15) is 4.88 Å². The molecule has 5 nitrogen and oxygen atoms in total. The van der Waals surface area contributed by atoms with Crippen LogP contribution in [0.2, 0.25) is 0 Å². The monoisotopic (exact) mass is 304 g/mol. The van der Waals surface area contributed by atoms with Crippen molar-refractivity contribution in [1.29, 1.82) is 0 Å². The third-order valence-electron chi connectivity index (χ3n) is 2.97. The molecule has 1 aromatic carbocycles. The van der Waals surface area contributed by atoms with Gasteiger partial charge in [-0.25, -0.2) is 0 Å². The van der Waals surface area contributed by atoms with Gasteiger partial charge < -0.3 is 10.6 Å². The zero-order chi connectivity index (χ0) is 15.5. The second-order valence-corrected chi connectivity index (χ2v) is 6.64. The first kappa shape index (κ1) is 15.6. The Bertz CT molecular complexity index is 631. The second-order valence-electron chi connectivity index (χ2n) is 5.89. The van der Waals surface area contributed by atoms with E-state index in [0.717, 1.165) is 35.0 Å². The smallest absolute Gasteiger partial charge is 0.269 e. The highest BCUT2D eigenvalue weighted by molar-refractivity contribution is 7.08. The van der Waals surface area contributed by atoms with Crippen LogP contribution in [0.25, 0.3) is 0 Å². The van der Waals surface area contributed by atoms with Gasteiger partial charge in [-0.3, -0.25) is 4.79 Å². The molecule has 0 radical (unpaired) electrons. The molecule has 1 heterocycles. The predicted octanol–water partition coefficient (Wildman–Crippen LogP) is 2.81. The average Bonchev–Trinajstić information content (AvgIpc) is 2.88. The minimum Gasteiger partial charge on any atom is -0.321 e. The minimum atomic E-state index is -0.201. The number of aromatic nitrogens is 2. The van der Waals surface area contributed by atoms with Gasteiger partial charge in [-0.05, 0) is 36.3 Å². The number of anilines is 1. The largest absolute Gasteiger partial charge is 0.321 e. The fourth-order valence-corrected chi connectivity index (χ4v) is 2.75. The highest BCUT2D eigenvalue weighted by atomic mass is 32.1. The molecule has 0 aliphatic heterocycles. The van der Waals surface area contributed by atoms with E-state index in [4.69, 9.17) is 0 Å². The Hall–Kier alpha value is -1.79. The maximum atomic E-state index is 12.4. The highest BCUT2D eigenvalue weighted by Gasteiger charge is 2.26. The third-order valence-corrected chi connectivity index (χ3v) is 3.70. The zero-order valence-corrected chi connectivity index (χ0v) is 13.5. The lowest BCUT2D eigenvalue weighted by Crippen LogP contribution is -2.20. The van der Waals surface area contributed by atoms with Crippen LogP contribution in [0, 0.1) is 0 Å². The lowest BCUT2D eigenvalue weighted by atomic mass is 9.91. The summed E-state index contributed by atoms with van der Waals surface area (Å²) in [4.78, 5) is 13.0. The topological polar surface area (TPSA) is 66.9 Å². The lowest BCUT2D eigenvalue weighted by Gasteiger charge is -2.16. The summed E-state index contributed by atoms with van der Waals surface area (Å²) in [5.41, 5.74) is 2.43. The Balaban J connectivity index is 2.19. The van der Waals surface area contributed by atoms with E-state index in [2.05, 4.69) is 20.2 Å². The summed E-state index contributed by atoms with van der Waals surface area (Å²) in [6, 6.07) is 7.78. The first-order chi connectivity index (χ1) is 9.91. The summed E-state index contributed by atoms with van der Waals surface area (Å²) in [5.74, 6) is -0.156. The van der Waals surface area contributed by atoms with Crippen molar-refractivity contribution in [3.63, 3.8) is 0 Å². The molecular formula is C15H20N4OS. The van der Waals surface area contributed by atoms with Crippen molar-refractivity contribution in [2.24, 2.45) is 0 Å². The van der Waals surface area contributed by atoms with Crippen molar-refractivity contribution in [3.05, 3.63) is 40.4 Å². The number of hydrogen-bond acceptors (Lipinski definition) is 5. The number of rotatable bonds is 4. The quantitative estimate of drug-likeness (QED) is 0.911. The van der Waals surface area contributed by atoms with Gasteiger partial charge in [0.15, 0.2) is 0 Å². The van der Waals surface area contributed by atoms with E-state index in [1.807, 2.05) is 52.1 Å². The second kappa shape index (κ2) is 6.32. The van der Waals surface area contributed by atoms with Crippen LogP contribution in [0.1, 0.15) is 41.7 Å². The molecule has 0 saturated heterocycles. The molecule has 1 aromatic heterocycles. The van der Waals surface area contributed by atoms with Crippen molar-refractivity contribution in [2.45, 2.75) is 32.7 Å². The summed E-state index contributed by atoms with van der Waals surface area (Å²) in [6.07, 6.45) is 0. The minimum absolute atomic E-state index is 0.156. The summed E-state index contributed by atoms with van der Waals surface area (Å²) < 4.78 is 3.92. The van der Waals surface area contributed by atoms with E-state index in [9.17, 15) is 4.79 Å². The Morgan fingerprint density at radius 3 is 2.76 bits per heavy atom. The number of nitrogens with one attached hydrogen (secondary N) is 2. The Labute approximate surface area is 128 Å². The molecule has 2 N–H and O–H groups in total. The van der Waals surface area contributed by atoms with Crippen molar-refractivity contribution in [2.75, 3.05) is 12.4 Å². The summed E-state index contributed by atoms with van der Waals surface area (Å²) >= 11 is 1.13. The van der Waals surface area contributed by atoms with Crippen LogP contribution < -0.4 is 10.6 Å². The van der Waals surface area contributed by atoms with Crippen molar-refractivity contribution in [3.8, 4) is 0 Å². The number of amides is 1. The molecule has 1 amide bonds. The summed E-state index contributed by atoms with van der Waals surface area (Å²) in [6.45, 7) is 6.83. The first-order valence-electron chi connectivity index (χ1n) is 6.79. The van der Waals surface area contributed by atoms with Crippen molar-refractivity contribution >= 4 is 23.1 Å². The Morgan fingerprint density at radius 2 is 2.10 bits per heavy atom. The molecule has 6 heteroatoms. The van der Waals surface area contributed by atoms with Crippen molar-refractivity contribution < 1.29 is 4.79 Å². The highest BCUT2D eigenvalue weighted by Crippen LogP contribution is 2.26. The van der Waals surface area contributed by atoms with Crippen LogP contribution in [0.15, 0.2) is 24.3 Å². The molecular weight excluding hydrogens is 284 g/mol. The normalized spacial score (nSPS) is 11.4. The summed E-state index contributed by atoms with van der Waals surface area (Å²) in [5, 5.41) is 10.1. The van der Waals surface area contributed by atoms with E-state index in [1.54, 1.807) is 0 Å². The Morgan fingerprint density at radius 1 is 1.33 bits per heavy atom. The molecule has 0 spiro atoms. The number of nitrogens with zero attached hydrogens (tertiary/aromatic N) is 2.